The maximum Gasteiger partial charge on any atom is 0.261 e. The van der Waals surface area contributed by atoms with Crippen LogP contribution in [0.4, 0.5) is 5.69 Å². The maximum atomic E-state index is 12.9. The number of nitrogens with one attached hydrogen (secondary N) is 2. The van der Waals surface area contributed by atoms with Crippen LogP contribution in [-0.2, 0) is 10.0 Å². The number of carbonyl (C=O) groups is 1. The molecular weight excluding hydrogens is 462 g/mol. The maximum absolute atomic E-state index is 12.9. The van der Waals surface area contributed by atoms with Crippen molar-refractivity contribution in [2.24, 2.45) is 0 Å². The number of ether oxygens (including phenoxy) is 1. The lowest BCUT2D eigenvalue weighted by Crippen LogP contribution is -2.36. The molecule has 1 heterocycles. The van der Waals surface area contributed by atoms with E-state index in [0.717, 1.165) is 42.8 Å². The van der Waals surface area contributed by atoms with E-state index in [2.05, 4.69) is 21.0 Å². The van der Waals surface area contributed by atoms with Crippen LogP contribution in [0.3, 0.4) is 0 Å². The zero-order valence-electron chi connectivity index (χ0n) is 20.0. The average Bonchev–Trinajstić information content (AvgIpc) is 3.40. The smallest absolute Gasteiger partial charge is 0.261 e. The fourth-order valence-corrected chi connectivity index (χ4v) is 5.33. The van der Waals surface area contributed by atoms with Crippen LogP contribution >= 0.6 is 0 Å². The Morgan fingerprint density at radius 2 is 1.69 bits per heavy atom. The highest BCUT2D eigenvalue weighted by molar-refractivity contribution is 7.92. The van der Waals surface area contributed by atoms with Crippen LogP contribution in [0.5, 0.6) is 5.75 Å². The van der Waals surface area contributed by atoms with Gasteiger partial charge in [0.1, 0.15) is 5.75 Å². The molecule has 184 valence electrons. The number of benzene rings is 3. The fourth-order valence-electron chi connectivity index (χ4n) is 4.27. The van der Waals surface area contributed by atoms with Crippen LogP contribution in [0.15, 0.2) is 77.7 Å². The molecule has 4 rings (SSSR count). The van der Waals surface area contributed by atoms with Crippen LogP contribution in [-0.4, -0.2) is 46.0 Å². The van der Waals surface area contributed by atoms with Crippen LogP contribution < -0.4 is 14.8 Å². The molecule has 1 saturated heterocycles. The number of sulfonamides is 1. The second kappa shape index (κ2) is 10.9. The molecule has 2 N–H and O–H groups in total. The summed E-state index contributed by atoms with van der Waals surface area (Å²) in [6.07, 6.45) is 2.28. The van der Waals surface area contributed by atoms with Gasteiger partial charge in [-0.15, -0.1) is 0 Å². The van der Waals surface area contributed by atoms with Gasteiger partial charge in [0, 0.05) is 17.8 Å². The van der Waals surface area contributed by atoms with E-state index in [9.17, 15) is 13.2 Å². The minimum absolute atomic E-state index is 0.0370. The number of rotatable bonds is 9. The summed E-state index contributed by atoms with van der Waals surface area (Å²) in [6, 6.07) is 21.1. The van der Waals surface area contributed by atoms with Crippen molar-refractivity contribution in [3.8, 4) is 5.75 Å². The zero-order valence-corrected chi connectivity index (χ0v) is 20.8. The van der Waals surface area contributed by atoms with Crippen LogP contribution in [0.1, 0.15) is 40.4 Å². The van der Waals surface area contributed by atoms with E-state index in [1.165, 1.54) is 24.3 Å². The average molecular weight is 494 g/mol. The number of aryl methyl sites for hydroxylation is 1. The Kier molecular flexibility index (Phi) is 7.73. The topological polar surface area (TPSA) is 87.7 Å². The molecule has 0 aliphatic carbocycles. The van der Waals surface area contributed by atoms with Crippen molar-refractivity contribution in [2.75, 3.05) is 31.5 Å². The van der Waals surface area contributed by atoms with Crippen molar-refractivity contribution in [2.45, 2.75) is 30.7 Å². The molecule has 8 heteroatoms. The quantitative estimate of drug-likeness (QED) is 0.462. The van der Waals surface area contributed by atoms with Crippen molar-refractivity contribution >= 4 is 21.6 Å². The molecule has 35 heavy (non-hydrogen) atoms. The number of anilines is 1. The Balaban J connectivity index is 1.43. The molecule has 3 aromatic carbocycles. The molecule has 0 saturated carbocycles. The minimum atomic E-state index is -3.75. The van der Waals surface area contributed by atoms with Gasteiger partial charge in [-0.2, -0.15) is 0 Å². The highest BCUT2D eigenvalue weighted by Gasteiger charge is 2.24. The van der Waals surface area contributed by atoms with Gasteiger partial charge in [-0.1, -0.05) is 29.8 Å². The number of likely N-dealkylation sites (tertiary alicyclic amines) is 1. The number of nitrogens with zero attached hydrogens (tertiary/aromatic N) is 1. The molecule has 0 radical (unpaired) electrons. The second-order valence-electron chi connectivity index (χ2n) is 8.74. The Hall–Kier alpha value is -3.36. The second-order valence-corrected chi connectivity index (χ2v) is 10.4. The summed E-state index contributed by atoms with van der Waals surface area (Å²) in [4.78, 5) is 15.4. The molecule has 1 aliphatic heterocycles. The molecule has 1 fully saturated rings. The van der Waals surface area contributed by atoms with Crippen molar-refractivity contribution in [1.82, 2.24) is 10.2 Å². The first-order valence-corrected chi connectivity index (χ1v) is 13.2. The summed E-state index contributed by atoms with van der Waals surface area (Å²) in [5.41, 5.74) is 3.03. The highest BCUT2D eigenvalue weighted by atomic mass is 32.2. The van der Waals surface area contributed by atoms with E-state index in [1.807, 2.05) is 37.3 Å². The predicted octanol–water partition coefficient (Wildman–Crippen LogP) is 4.37. The molecule has 0 bridgehead atoms. The molecule has 0 spiro atoms. The Bertz CT molecular complexity index is 1250. The lowest BCUT2D eigenvalue weighted by Gasteiger charge is -2.28. The van der Waals surface area contributed by atoms with E-state index in [1.54, 1.807) is 19.2 Å². The Morgan fingerprint density at radius 3 is 2.34 bits per heavy atom. The molecular formula is C27H31N3O4S. The Labute approximate surface area is 207 Å². The van der Waals surface area contributed by atoms with Gasteiger partial charge in [0.25, 0.3) is 15.9 Å². The summed E-state index contributed by atoms with van der Waals surface area (Å²) >= 11 is 0. The van der Waals surface area contributed by atoms with Gasteiger partial charge in [0.05, 0.1) is 18.0 Å². The molecule has 1 atom stereocenters. The van der Waals surface area contributed by atoms with Crippen molar-refractivity contribution in [1.29, 1.82) is 0 Å². The van der Waals surface area contributed by atoms with Gasteiger partial charge in [0.15, 0.2) is 0 Å². The van der Waals surface area contributed by atoms with E-state index in [4.69, 9.17) is 4.74 Å². The third-order valence-electron chi connectivity index (χ3n) is 6.25. The van der Waals surface area contributed by atoms with Gasteiger partial charge in [-0.05, 0) is 86.9 Å². The highest BCUT2D eigenvalue weighted by Crippen LogP contribution is 2.27. The minimum Gasteiger partial charge on any atom is -0.497 e. The lowest BCUT2D eigenvalue weighted by molar-refractivity contribution is 0.0938. The summed E-state index contributed by atoms with van der Waals surface area (Å²) in [7, 11) is -2.10. The van der Waals surface area contributed by atoms with Gasteiger partial charge >= 0.3 is 0 Å². The van der Waals surface area contributed by atoms with Gasteiger partial charge in [0.2, 0.25) is 0 Å². The number of hydrogen-bond donors (Lipinski definition) is 2. The largest absolute Gasteiger partial charge is 0.497 e. The van der Waals surface area contributed by atoms with E-state index < -0.39 is 10.0 Å². The molecule has 7 nitrogen and oxygen atoms in total. The molecule has 0 aromatic heterocycles. The van der Waals surface area contributed by atoms with Crippen molar-refractivity contribution < 1.29 is 17.9 Å². The van der Waals surface area contributed by atoms with Crippen LogP contribution in [0.2, 0.25) is 0 Å². The van der Waals surface area contributed by atoms with Crippen molar-refractivity contribution in [3.05, 3.63) is 89.5 Å². The summed E-state index contributed by atoms with van der Waals surface area (Å²) in [6.45, 7) is 4.35. The predicted molar refractivity (Wildman–Crippen MR) is 137 cm³/mol. The summed E-state index contributed by atoms with van der Waals surface area (Å²) in [5, 5.41) is 3.03. The Morgan fingerprint density at radius 1 is 1.00 bits per heavy atom. The number of carbonyl (C=O) groups excluding carboxylic acids is 1. The standard InChI is InChI=1S/C27H31N3O4S/c1-20-8-12-23(13-9-20)29-35(32,33)25-14-10-21(11-15-25)27(31)28-19-26(30-16-3-4-17-30)22-6-5-7-24(18-22)34-2/h5-15,18,26,29H,3-4,16-17,19H2,1-2H3,(H,28,31). The molecule has 1 aliphatic rings. The van der Waals surface area contributed by atoms with E-state index in [-0.39, 0.29) is 16.8 Å². The summed E-state index contributed by atoms with van der Waals surface area (Å²) < 4.78 is 33.4. The summed E-state index contributed by atoms with van der Waals surface area (Å²) in [5.74, 6) is 0.543. The number of hydrogen-bond acceptors (Lipinski definition) is 5. The van der Waals surface area contributed by atoms with Gasteiger partial charge in [-0.25, -0.2) is 8.42 Å². The van der Waals surface area contributed by atoms with E-state index >= 15 is 0 Å². The third-order valence-corrected chi connectivity index (χ3v) is 7.64. The molecule has 3 aromatic rings. The zero-order chi connectivity index (χ0) is 24.8. The normalized spacial score (nSPS) is 14.9. The van der Waals surface area contributed by atoms with Gasteiger partial charge < -0.3 is 10.1 Å². The first-order chi connectivity index (χ1) is 16.9. The van der Waals surface area contributed by atoms with Gasteiger partial charge in [-0.3, -0.25) is 14.4 Å². The lowest BCUT2D eigenvalue weighted by atomic mass is 10.0. The molecule has 1 amide bonds. The number of amides is 1. The fraction of sp³-hybridized carbons (Fsp3) is 0.296. The monoisotopic (exact) mass is 493 g/mol. The van der Waals surface area contributed by atoms with Crippen LogP contribution in [0.25, 0.3) is 0 Å². The SMILES string of the molecule is COc1cccc(C(CNC(=O)c2ccc(S(=O)(=O)Nc3ccc(C)cc3)cc2)N2CCCC2)c1. The first-order valence-electron chi connectivity index (χ1n) is 11.7. The third kappa shape index (κ3) is 6.21. The first kappa shape index (κ1) is 24.8. The van der Waals surface area contributed by atoms with Crippen molar-refractivity contribution in [3.63, 3.8) is 0 Å². The molecule has 1 unspecified atom stereocenters. The van der Waals surface area contributed by atoms with E-state index in [0.29, 0.717) is 17.8 Å². The number of methoxy groups -OCH3 is 1. The van der Waals surface area contributed by atoms with Crippen LogP contribution in [0, 0.1) is 6.92 Å².